The van der Waals surface area contributed by atoms with Gasteiger partial charge in [0, 0.05) is 23.1 Å². The third-order valence-electron chi connectivity index (χ3n) is 3.68. The van der Waals surface area contributed by atoms with E-state index < -0.39 is 0 Å². The highest BCUT2D eigenvalue weighted by atomic mass is 127. The van der Waals surface area contributed by atoms with E-state index >= 15 is 0 Å². The van der Waals surface area contributed by atoms with Crippen molar-refractivity contribution in [3.8, 4) is 11.5 Å². The van der Waals surface area contributed by atoms with E-state index in [9.17, 15) is 4.79 Å². The first-order chi connectivity index (χ1) is 13.0. The zero-order chi connectivity index (χ0) is 19.6. The number of halogens is 2. The molecule has 0 spiro atoms. The number of rotatable bonds is 8. The number of carbonyl (C=O) groups excluding carboxylic acids is 1. The number of ether oxygens (including phenoxy) is 2. The highest BCUT2D eigenvalue weighted by molar-refractivity contribution is 14.0. The molecule has 0 fully saturated rings. The monoisotopic (exact) mass is 562 g/mol. The van der Waals surface area contributed by atoms with Crippen molar-refractivity contribution in [1.29, 1.82) is 0 Å². The summed E-state index contributed by atoms with van der Waals surface area (Å²) in [5.41, 5.74) is 7.40. The number of nitrogens with one attached hydrogen (secondary N) is 2. The van der Waals surface area contributed by atoms with E-state index in [0.29, 0.717) is 42.7 Å². The zero-order valence-electron chi connectivity index (χ0n) is 15.7. The van der Waals surface area contributed by atoms with Crippen LogP contribution in [0.25, 0.3) is 0 Å². The van der Waals surface area contributed by atoms with Crippen LogP contribution in [0.15, 0.2) is 51.9 Å². The van der Waals surface area contributed by atoms with Crippen LogP contribution < -0.4 is 25.8 Å². The molecule has 0 aromatic heterocycles. The van der Waals surface area contributed by atoms with Gasteiger partial charge < -0.3 is 25.8 Å². The predicted molar refractivity (Wildman–Crippen MR) is 125 cm³/mol. The molecular weight excluding hydrogens is 539 g/mol. The number of hydrogen-bond donors (Lipinski definition) is 3. The van der Waals surface area contributed by atoms with Crippen molar-refractivity contribution in [2.24, 2.45) is 10.7 Å². The van der Waals surface area contributed by atoms with Crippen LogP contribution in [-0.4, -0.2) is 39.2 Å². The van der Waals surface area contributed by atoms with E-state index in [1.165, 1.54) is 0 Å². The Balaban J connectivity index is 0.00000392. The predicted octanol–water partition coefficient (Wildman–Crippen LogP) is 2.92. The van der Waals surface area contributed by atoms with Crippen molar-refractivity contribution in [3.63, 3.8) is 0 Å². The molecule has 2 aromatic carbocycles. The van der Waals surface area contributed by atoms with E-state index in [1.54, 1.807) is 26.4 Å². The minimum atomic E-state index is -0.140. The molecule has 0 atom stereocenters. The second-order valence-electron chi connectivity index (χ2n) is 5.58. The number of aliphatic imine (C=N–C) groups is 1. The summed E-state index contributed by atoms with van der Waals surface area (Å²) in [5.74, 6) is 1.48. The molecule has 2 aromatic rings. The average molecular weight is 563 g/mol. The number of guanidine groups is 1. The van der Waals surface area contributed by atoms with E-state index in [0.717, 1.165) is 10.0 Å². The van der Waals surface area contributed by atoms with Crippen LogP contribution in [0.4, 0.5) is 0 Å². The molecule has 0 bridgehead atoms. The van der Waals surface area contributed by atoms with Gasteiger partial charge in [-0.05, 0) is 35.9 Å². The summed E-state index contributed by atoms with van der Waals surface area (Å²) in [5, 5.41) is 5.79. The second kappa shape index (κ2) is 12.4. The topological polar surface area (TPSA) is 98.0 Å². The van der Waals surface area contributed by atoms with Gasteiger partial charge in [0.1, 0.15) is 0 Å². The number of benzene rings is 2. The first kappa shape index (κ1) is 24.0. The van der Waals surface area contributed by atoms with Crippen molar-refractivity contribution >= 4 is 51.8 Å². The summed E-state index contributed by atoms with van der Waals surface area (Å²) in [6, 6.07) is 12.8. The molecule has 28 heavy (non-hydrogen) atoms. The van der Waals surface area contributed by atoms with E-state index in [-0.39, 0.29) is 29.9 Å². The number of carbonyl (C=O) groups is 1. The third kappa shape index (κ3) is 7.55. The van der Waals surface area contributed by atoms with Crippen molar-refractivity contribution in [3.05, 3.63) is 58.1 Å². The van der Waals surface area contributed by atoms with Crippen LogP contribution in [0.2, 0.25) is 0 Å². The van der Waals surface area contributed by atoms with Gasteiger partial charge in [-0.1, -0.05) is 28.1 Å². The lowest BCUT2D eigenvalue weighted by atomic mass is 10.2. The molecule has 0 saturated heterocycles. The van der Waals surface area contributed by atoms with Gasteiger partial charge in [-0.2, -0.15) is 0 Å². The molecule has 0 radical (unpaired) electrons. The van der Waals surface area contributed by atoms with E-state index in [1.807, 2.05) is 30.3 Å². The summed E-state index contributed by atoms with van der Waals surface area (Å²) < 4.78 is 11.3. The van der Waals surface area contributed by atoms with Gasteiger partial charge in [0.25, 0.3) is 5.91 Å². The first-order valence-corrected chi connectivity index (χ1v) is 9.11. The number of amides is 1. The van der Waals surface area contributed by atoms with Gasteiger partial charge in [-0.15, -0.1) is 24.0 Å². The molecule has 2 rings (SSSR count). The van der Waals surface area contributed by atoms with Crippen LogP contribution >= 0.6 is 39.9 Å². The smallest absolute Gasteiger partial charge is 0.251 e. The zero-order valence-corrected chi connectivity index (χ0v) is 19.6. The molecule has 152 valence electrons. The van der Waals surface area contributed by atoms with Crippen molar-refractivity contribution in [1.82, 2.24) is 10.6 Å². The lowest BCUT2D eigenvalue weighted by Gasteiger charge is -2.09. The fraction of sp³-hybridized carbons (Fsp3) is 0.263. The molecule has 4 N–H and O–H groups in total. The van der Waals surface area contributed by atoms with E-state index in [2.05, 4.69) is 31.6 Å². The van der Waals surface area contributed by atoms with Crippen molar-refractivity contribution in [2.75, 3.05) is 27.3 Å². The minimum Gasteiger partial charge on any atom is -0.493 e. The molecule has 9 heteroatoms. The highest BCUT2D eigenvalue weighted by Crippen LogP contribution is 2.27. The number of nitrogens with two attached hydrogens (primary N) is 1. The van der Waals surface area contributed by atoms with Gasteiger partial charge in [0.05, 0.1) is 20.8 Å². The lowest BCUT2D eigenvalue weighted by molar-refractivity contribution is 0.0954. The SMILES string of the molecule is COc1ccc(CN=C(N)NCCNC(=O)c2cccc(Br)c2)cc1OC.I. The largest absolute Gasteiger partial charge is 0.493 e. The minimum absolute atomic E-state index is 0. The van der Waals surface area contributed by atoms with Crippen LogP contribution in [0, 0.1) is 0 Å². The van der Waals surface area contributed by atoms with Crippen LogP contribution in [0.5, 0.6) is 11.5 Å². The molecule has 0 aliphatic carbocycles. The Kier molecular flexibility index (Phi) is 10.7. The maximum Gasteiger partial charge on any atom is 0.251 e. The Morgan fingerprint density at radius 1 is 1.07 bits per heavy atom. The summed E-state index contributed by atoms with van der Waals surface area (Å²) in [6.07, 6.45) is 0. The van der Waals surface area contributed by atoms with Gasteiger partial charge in [0.15, 0.2) is 17.5 Å². The molecule has 0 aliphatic rings. The van der Waals surface area contributed by atoms with Gasteiger partial charge >= 0.3 is 0 Å². The van der Waals surface area contributed by atoms with Crippen molar-refractivity contribution < 1.29 is 14.3 Å². The maximum atomic E-state index is 12.0. The number of hydrogen-bond acceptors (Lipinski definition) is 4. The van der Waals surface area contributed by atoms with Gasteiger partial charge in [0.2, 0.25) is 0 Å². The highest BCUT2D eigenvalue weighted by Gasteiger charge is 2.05. The van der Waals surface area contributed by atoms with Crippen LogP contribution in [0.3, 0.4) is 0 Å². The average Bonchev–Trinajstić information content (AvgIpc) is 2.69. The molecule has 0 saturated carbocycles. The fourth-order valence-electron chi connectivity index (χ4n) is 2.31. The van der Waals surface area contributed by atoms with Gasteiger partial charge in [-0.3, -0.25) is 4.79 Å². The summed E-state index contributed by atoms with van der Waals surface area (Å²) in [6.45, 7) is 1.31. The Labute approximate surface area is 190 Å². The Hall–Kier alpha value is -2.01. The molecule has 0 aliphatic heterocycles. The fourth-order valence-corrected chi connectivity index (χ4v) is 2.71. The third-order valence-corrected chi connectivity index (χ3v) is 4.18. The van der Waals surface area contributed by atoms with Crippen molar-refractivity contribution in [2.45, 2.75) is 6.54 Å². The number of methoxy groups -OCH3 is 2. The molecular formula is C19H24BrIN4O3. The summed E-state index contributed by atoms with van der Waals surface area (Å²) >= 11 is 3.35. The quantitative estimate of drug-likeness (QED) is 0.199. The second-order valence-corrected chi connectivity index (χ2v) is 6.50. The normalized spacial score (nSPS) is 10.6. The Bertz CT molecular complexity index is 818. The summed E-state index contributed by atoms with van der Waals surface area (Å²) in [4.78, 5) is 16.3. The standard InChI is InChI=1S/C19H23BrN4O3.HI/c1-26-16-7-6-13(10-17(16)27-2)12-24-19(21)23-9-8-22-18(25)14-4-3-5-15(20)11-14;/h3-7,10-11H,8-9,12H2,1-2H3,(H,22,25)(H3,21,23,24);1H. The van der Waals surface area contributed by atoms with Gasteiger partial charge in [-0.25, -0.2) is 4.99 Å². The lowest BCUT2D eigenvalue weighted by Crippen LogP contribution is -2.38. The molecule has 0 unspecified atom stereocenters. The maximum absolute atomic E-state index is 12.0. The Morgan fingerprint density at radius 3 is 2.46 bits per heavy atom. The molecule has 0 heterocycles. The first-order valence-electron chi connectivity index (χ1n) is 8.32. The van der Waals surface area contributed by atoms with Crippen LogP contribution in [-0.2, 0) is 6.54 Å². The van der Waals surface area contributed by atoms with E-state index in [4.69, 9.17) is 15.2 Å². The summed E-state index contributed by atoms with van der Waals surface area (Å²) in [7, 11) is 3.18. The number of nitrogens with zero attached hydrogens (tertiary/aromatic N) is 1. The Morgan fingerprint density at radius 2 is 1.79 bits per heavy atom. The molecule has 7 nitrogen and oxygen atoms in total. The van der Waals surface area contributed by atoms with Crippen LogP contribution in [0.1, 0.15) is 15.9 Å². The molecule has 1 amide bonds.